The van der Waals surface area contributed by atoms with Crippen LogP contribution in [0.4, 0.5) is 5.13 Å². The lowest BCUT2D eigenvalue weighted by Crippen LogP contribution is -2.14. The van der Waals surface area contributed by atoms with Crippen molar-refractivity contribution in [1.29, 1.82) is 0 Å². The van der Waals surface area contributed by atoms with Crippen LogP contribution in [-0.4, -0.2) is 43.7 Å². The molecule has 1 saturated carbocycles. The van der Waals surface area contributed by atoms with Gasteiger partial charge in [0.25, 0.3) is 0 Å². The number of ether oxygens (including phenoxy) is 1. The minimum atomic E-state index is -0.145. The molecular weight excluding hydrogens is 444 g/mol. The van der Waals surface area contributed by atoms with E-state index in [4.69, 9.17) is 4.74 Å². The lowest BCUT2D eigenvalue weighted by molar-refractivity contribution is -0.113. The summed E-state index contributed by atoms with van der Waals surface area (Å²) in [5.74, 6) is 1.91. The van der Waals surface area contributed by atoms with E-state index in [0.29, 0.717) is 34.3 Å². The van der Waals surface area contributed by atoms with Gasteiger partial charge < -0.3 is 4.74 Å². The third-order valence-electron chi connectivity index (χ3n) is 5.35. The highest BCUT2D eigenvalue weighted by Crippen LogP contribution is 2.35. The van der Waals surface area contributed by atoms with Gasteiger partial charge in [-0.05, 0) is 25.0 Å². The van der Waals surface area contributed by atoms with Crippen molar-refractivity contribution in [1.82, 2.24) is 25.0 Å². The summed E-state index contributed by atoms with van der Waals surface area (Å²) in [5, 5.41) is 22.2. The SMILES string of the molecule is C=CCn1c(SCC(=O)Nc2nnc(C3CCCCC3)s2)nnc1-c1ccccc1OC. The summed E-state index contributed by atoms with van der Waals surface area (Å²) in [5.41, 5.74) is 0.838. The van der Waals surface area contributed by atoms with Crippen molar-refractivity contribution in [2.75, 3.05) is 18.2 Å². The Balaban J connectivity index is 1.41. The summed E-state index contributed by atoms with van der Waals surface area (Å²) in [6.45, 7) is 4.36. The number of aromatic nitrogens is 5. The molecule has 3 aromatic rings. The van der Waals surface area contributed by atoms with Crippen molar-refractivity contribution in [2.24, 2.45) is 0 Å². The Labute approximate surface area is 195 Å². The van der Waals surface area contributed by atoms with E-state index in [9.17, 15) is 4.79 Å². The molecule has 1 aliphatic carbocycles. The maximum Gasteiger partial charge on any atom is 0.236 e. The van der Waals surface area contributed by atoms with Gasteiger partial charge in [-0.25, -0.2) is 0 Å². The van der Waals surface area contributed by atoms with Crippen LogP contribution in [0.15, 0.2) is 42.1 Å². The zero-order valence-electron chi connectivity index (χ0n) is 18.0. The molecule has 10 heteroatoms. The lowest BCUT2D eigenvalue weighted by atomic mass is 9.90. The molecule has 1 fully saturated rings. The highest BCUT2D eigenvalue weighted by atomic mass is 32.2. The minimum Gasteiger partial charge on any atom is -0.496 e. The molecule has 1 aromatic carbocycles. The number of carbonyl (C=O) groups excluding carboxylic acids is 1. The maximum absolute atomic E-state index is 12.5. The number of nitrogens with zero attached hydrogens (tertiary/aromatic N) is 5. The van der Waals surface area contributed by atoms with Crippen LogP contribution >= 0.6 is 23.1 Å². The van der Waals surface area contributed by atoms with E-state index in [2.05, 4.69) is 32.3 Å². The molecule has 0 unspecified atom stereocenters. The van der Waals surface area contributed by atoms with Gasteiger partial charge in [-0.2, -0.15) is 0 Å². The van der Waals surface area contributed by atoms with Crippen molar-refractivity contribution in [3.63, 3.8) is 0 Å². The fourth-order valence-corrected chi connectivity index (χ4v) is 5.48. The average molecular weight is 471 g/mol. The second kappa shape index (κ2) is 10.7. The van der Waals surface area contributed by atoms with Crippen LogP contribution in [0, 0.1) is 0 Å². The van der Waals surface area contributed by atoms with Gasteiger partial charge in [0, 0.05) is 12.5 Å². The van der Waals surface area contributed by atoms with Crippen molar-refractivity contribution >= 4 is 34.1 Å². The van der Waals surface area contributed by atoms with E-state index in [1.165, 1.54) is 42.4 Å². The van der Waals surface area contributed by atoms with Gasteiger partial charge in [-0.1, -0.05) is 60.6 Å². The highest BCUT2D eigenvalue weighted by molar-refractivity contribution is 7.99. The molecule has 0 radical (unpaired) electrons. The Kier molecular flexibility index (Phi) is 7.54. The van der Waals surface area contributed by atoms with Gasteiger partial charge in [0.05, 0.1) is 18.4 Å². The van der Waals surface area contributed by atoms with Crippen molar-refractivity contribution in [3.8, 4) is 17.1 Å². The molecule has 4 rings (SSSR count). The van der Waals surface area contributed by atoms with Crippen molar-refractivity contribution in [3.05, 3.63) is 41.9 Å². The summed E-state index contributed by atoms with van der Waals surface area (Å²) in [6, 6.07) is 7.65. The molecule has 1 aliphatic rings. The number of thioether (sulfide) groups is 1. The molecule has 32 heavy (non-hydrogen) atoms. The number of amides is 1. The summed E-state index contributed by atoms with van der Waals surface area (Å²) < 4.78 is 7.39. The molecule has 1 amide bonds. The molecule has 0 saturated heterocycles. The molecule has 2 heterocycles. The number of nitrogens with one attached hydrogen (secondary N) is 1. The van der Waals surface area contributed by atoms with Gasteiger partial charge in [-0.15, -0.1) is 27.0 Å². The Morgan fingerprint density at radius 1 is 1.25 bits per heavy atom. The number of hydrogen-bond donors (Lipinski definition) is 1. The number of anilines is 1. The Morgan fingerprint density at radius 3 is 2.84 bits per heavy atom. The number of methoxy groups -OCH3 is 1. The van der Waals surface area contributed by atoms with E-state index in [1.807, 2.05) is 28.8 Å². The van der Waals surface area contributed by atoms with Crippen LogP contribution in [0.3, 0.4) is 0 Å². The first-order valence-electron chi connectivity index (χ1n) is 10.6. The fraction of sp³-hybridized carbons (Fsp3) is 0.409. The fourth-order valence-electron chi connectivity index (χ4n) is 3.80. The van der Waals surface area contributed by atoms with Crippen LogP contribution in [-0.2, 0) is 11.3 Å². The first-order valence-corrected chi connectivity index (χ1v) is 12.4. The van der Waals surface area contributed by atoms with Crippen LogP contribution in [0.5, 0.6) is 5.75 Å². The molecule has 0 aliphatic heterocycles. The summed E-state index contributed by atoms with van der Waals surface area (Å²) in [7, 11) is 1.63. The van der Waals surface area contributed by atoms with Gasteiger partial charge in [-0.3, -0.25) is 14.7 Å². The third kappa shape index (κ3) is 5.18. The minimum absolute atomic E-state index is 0.145. The predicted molar refractivity (Wildman–Crippen MR) is 127 cm³/mol. The topological polar surface area (TPSA) is 94.8 Å². The van der Waals surface area contributed by atoms with Crippen molar-refractivity contribution in [2.45, 2.75) is 49.7 Å². The van der Waals surface area contributed by atoms with E-state index in [-0.39, 0.29) is 11.7 Å². The zero-order valence-corrected chi connectivity index (χ0v) is 19.6. The van der Waals surface area contributed by atoms with Gasteiger partial charge in [0.15, 0.2) is 11.0 Å². The molecule has 0 atom stereocenters. The first kappa shape index (κ1) is 22.5. The monoisotopic (exact) mass is 470 g/mol. The van der Waals surface area contributed by atoms with Crippen LogP contribution < -0.4 is 10.1 Å². The van der Waals surface area contributed by atoms with E-state index in [1.54, 1.807) is 13.2 Å². The lowest BCUT2D eigenvalue weighted by Gasteiger charge is -2.18. The molecular formula is C22H26N6O2S2. The number of para-hydroxylation sites is 1. The summed E-state index contributed by atoms with van der Waals surface area (Å²) in [4.78, 5) is 12.5. The zero-order chi connectivity index (χ0) is 22.3. The van der Waals surface area contributed by atoms with Crippen LogP contribution in [0.1, 0.15) is 43.0 Å². The van der Waals surface area contributed by atoms with Gasteiger partial charge >= 0.3 is 0 Å². The van der Waals surface area contributed by atoms with E-state index in [0.717, 1.165) is 23.4 Å². The molecule has 2 aromatic heterocycles. The molecule has 0 bridgehead atoms. The third-order valence-corrected chi connectivity index (χ3v) is 7.32. The summed E-state index contributed by atoms with van der Waals surface area (Å²) in [6.07, 6.45) is 7.87. The number of benzene rings is 1. The van der Waals surface area contributed by atoms with Gasteiger partial charge in [0.1, 0.15) is 10.8 Å². The van der Waals surface area contributed by atoms with Gasteiger partial charge in [0.2, 0.25) is 11.0 Å². The van der Waals surface area contributed by atoms with E-state index >= 15 is 0 Å². The summed E-state index contributed by atoms with van der Waals surface area (Å²) >= 11 is 2.81. The number of carbonyl (C=O) groups is 1. The second-order valence-electron chi connectivity index (χ2n) is 7.52. The Morgan fingerprint density at radius 2 is 2.06 bits per heavy atom. The van der Waals surface area contributed by atoms with Crippen LogP contribution in [0.2, 0.25) is 0 Å². The predicted octanol–water partition coefficient (Wildman–Crippen LogP) is 4.77. The smallest absolute Gasteiger partial charge is 0.236 e. The molecule has 168 valence electrons. The highest BCUT2D eigenvalue weighted by Gasteiger charge is 2.21. The van der Waals surface area contributed by atoms with Crippen LogP contribution in [0.25, 0.3) is 11.4 Å². The second-order valence-corrected chi connectivity index (χ2v) is 9.47. The largest absolute Gasteiger partial charge is 0.496 e. The number of rotatable bonds is 9. The molecule has 0 spiro atoms. The quantitative estimate of drug-likeness (QED) is 0.355. The normalized spacial score (nSPS) is 14.3. The number of hydrogen-bond acceptors (Lipinski definition) is 8. The van der Waals surface area contributed by atoms with E-state index < -0.39 is 0 Å². The average Bonchev–Trinajstić information content (AvgIpc) is 3.45. The molecule has 8 nitrogen and oxygen atoms in total. The standard InChI is InChI=1S/C22H26N6O2S2/c1-3-13-28-19(16-11-7-8-12-17(16)30-2)24-27-22(28)31-14-18(29)23-21-26-25-20(32-21)15-9-5-4-6-10-15/h3,7-8,11-12,15H,1,4-6,9-10,13-14H2,2H3,(H,23,26,29). The Bertz CT molecular complexity index is 1070. The van der Waals surface area contributed by atoms with Crippen molar-refractivity contribution < 1.29 is 9.53 Å². The molecule has 1 N–H and O–H groups in total. The first-order chi connectivity index (χ1) is 15.7. The number of allylic oxidation sites excluding steroid dienone is 1. The Hall–Kier alpha value is -2.72. The maximum atomic E-state index is 12.5.